The van der Waals surface area contributed by atoms with Crippen molar-refractivity contribution in [3.63, 3.8) is 0 Å². The molecule has 1 aliphatic heterocycles. The number of rotatable bonds is 1. The highest BCUT2D eigenvalue weighted by Gasteiger charge is 2.17. The van der Waals surface area contributed by atoms with Gasteiger partial charge in [0.1, 0.15) is 6.04 Å². The molecule has 1 fully saturated rings. The third kappa shape index (κ3) is 1.82. The molecule has 0 radical (unpaired) electrons. The van der Waals surface area contributed by atoms with Crippen LogP contribution in [0, 0.1) is 0 Å². The van der Waals surface area contributed by atoms with E-state index in [9.17, 15) is 0 Å². The summed E-state index contributed by atoms with van der Waals surface area (Å²) < 4.78 is 0. The summed E-state index contributed by atoms with van der Waals surface area (Å²) in [5.41, 5.74) is 1.48. The van der Waals surface area contributed by atoms with Crippen LogP contribution >= 0.6 is 11.8 Å². The highest BCUT2D eigenvalue weighted by Crippen LogP contribution is 2.16. The summed E-state index contributed by atoms with van der Waals surface area (Å²) in [6.45, 7) is 1.27. The Kier molecular flexibility index (Phi) is 2.69. The average molecular weight is 180 g/mol. The van der Waals surface area contributed by atoms with Crippen molar-refractivity contribution < 1.29 is 5.32 Å². The van der Waals surface area contributed by atoms with Crippen LogP contribution in [-0.2, 0) is 0 Å². The smallest absolute Gasteiger partial charge is 0.121 e. The van der Waals surface area contributed by atoms with Gasteiger partial charge in [0, 0.05) is 11.3 Å². The topological polar surface area (TPSA) is 16.6 Å². The molecule has 1 heterocycles. The second-order valence-corrected chi connectivity index (χ2v) is 4.27. The van der Waals surface area contributed by atoms with Gasteiger partial charge in [-0.3, -0.25) is 0 Å². The third-order valence-corrected chi connectivity index (χ3v) is 3.36. The first-order valence-electron chi connectivity index (χ1n) is 4.43. The van der Waals surface area contributed by atoms with Crippen LogP contribution in [0.5, 0.6) is 0 Å². The SMILES string of the molecule is c1ccc([C@H]2CSCC[NH2+]2)cc1. The molecule has 1 saturated heterocycles. The molecule has 1 atom stereocenters. The highest BCUT2D eigenvalue weighted by atomic mass is 32.2. The van der Waals surface area contributed by atoms with Crippen molar-refractivity contribution in [3.8, 4) is 0 Å². The van der Waals surface area contributed by atoms with Gasteiger partial charge in [0.25, 0.3) is 0 Å². The quantitative estimate of drug-likeness (QED) is 0.683. The maximum atomic E-state index is 2.45. The standard InChI is InChI=1S/C10H13NS/c1-2-4-9(5-3-1)10-8-12-7-6-11-10/h1-5,10-11H,6-8H2/p+1/t10-/m1/s1. The number of nitrogens with two attached hydrogens (primary N) is 1. The summed E-state index contributed by atoms with van der Waals surface area (Å²) in [6, 6.07) is 11.5. The molecule has 0 aliphatic carbocycles. The van der Waals surface area contributed by atoms with Crippen LogP contribution in [-0.4, -0.2) is 18.1 Å². The monoisotopic (exact) mass is 180 g/mol. The molecule has 0 amide bonds. The van der Waals surface area contributed by atoms with Crippen LogP contribution < -0.4 is 5.32 Å². The van der Waals surface area contributed by atoms with Crippen molar-refractivity contribution in [1.82, 2.24) is 0 Å². The van der Waals surface area contributed by atoms with Gasteiger partial charge in [0.2, 0.25) is 0 Å². The number of quaternary nitrogens is 1. The molecule has 2 N–H and O–H groups in total. The largest absolute Gasteiger partial charge is 0.339 e. The van der Waals surface area contributed by atoms with Gasteiger partial charge in [-0.25, -0.2) is 0 Å². The van der Waals surface area contributed by atoms with Crippen LogP contribution in [0.3, 0.4) is 0 Å². The van der Waals surface area contributed by atoms with Gasteiger partial charge in [0.15, 0.2) is 0 Å². The number of benzene rings is 1. The van der Waals surface area contributed by atoms with E-state index in [0.717, 1.165) is 0 Å². The van der Waals surface area contributed by atoms with Crippen LogP contribution in [0.2, 0.25) is 0 Å². The first-order valence-corrected chi connectivity index (χ1v) is 5.58. The first kappa shape index (κ1) is 8.14. The minimum absolute atomic E-state index is 0.699. The third-order valence-electron chi connectivity index (χ3n) is 2.24. The lowest BCUT2D eigenvalue weighted by atomic mass is 10.1. The fourth-order valence-corrected chi connectivity index (χ4v) is 2.62. The van der Waals surface area contributed by atoms with E-state index < -0.39 is 0 Å². The zero-order valence-corrected chi connectivity index (χ0v) is 7.89. The summed E-state index contributed by atoms with van der Waals surface area (Å²) in [6.07, 6.45) is 0. The molecule has 0 bridgehead atoms. The highest BCUT2D eigenvalue weighted by molar-refractivity contribution is 7.99. The van der Waals surface area contributed by atoms with Gasteiger partial charge in [-0.1, -0.05) is 30.3 Å². The summed E-state index contributed by atoms with van der Waals surface area (Å²) in [7, 11) is 0. The minimum Gasteiger partial charge on any atom is -0.339 e. The second-order valence-electron chi connectivity index (χ2n) is 3.12. The molecule has 1 aromatic rings. The van der Waals surface area contributed by atoms with E-state index in [4.69, 9.17) is 0 Å². The maximum absolute atomic E-state index is 2.45. The normalized spacial score (nSPS) is 23.8. The van der Waals surface area contributed by atoms with E-state index >= 15 is 0 Å². The molecule has 0 saturated carbocycles. The lowest BCUT2D eigenvalue weighted by Gasteiger charge is -2.19. The Hall–Kier alpha value is -0.470. The van der Waals surface area contributed by atoms with Gasteiger partial charge in [-0.05, 0) is 0 Å². The van der Waals surface area contributed by atoms with Crippen molar-refractivity contribution in [2.75, 3.05) is 18.1 Å². The maximum Gasteiger partial charge on any atom is 0.121 e. The van der Waals surface area contributed by atoms with Gasteiger partial charge in [-0.2, -0.15) is 0 Å². The lowest BCUT2D eigenvalue weighted by molar-refractivity contribution is -0.689. The molecule has 0 aromatic heterocycles. The Labute approximate surface area is 77.6 Å². The predicted octanol–water partition coefficient (Wildman–Crippen LogP) is 1.04. The van der Waals surface area contributed by atoms with Crippen LogP contribution in [0.15, 0.2) is 30.3 Å². The summed E-state index contributed by atoms with van der Waals surface area (Å²) >= 11 is 2.07. The molecule has 1 aliphatic rings. The van der Waals surface area contributed by atoms with Crippen molar-refractivity contribution in [2.45, 2.75) is 6.04 Å². The van der Waals surface area contributed by atoms with Crippen LogP contribution in [0.4, 0.5) is 0 Å². The Morgan fingerprint density at radius 3 is 2.75 bits per heavy atom. The molecule has 1 aromatic carbocycles. The number of hydrogen-bond acceptors (Lipinski definition) is 1. The fraction of sp³-hybridized carbons (Fsp3) is 0.400. The number of thioether (sulfide) groups is 1. The Balaban J connectivity index is 2.08. The van der Waals surface area contributed by atoms with Crippen LogP contribution in [0.1, 0.15) is 11.6 Å². The van der Waals surface area contributed by atoms with Crippen molar-refractivity contribution >= 4 is 11.8 Å². The summed E-state index contributed by atoms with van der Waals surface area (Å²) in [5.74, 6) is 2.58. The Morgan fingerprint density at radius 2 is 2.08 bits per heavy atom. The zero-order chi connectivity index (χ0) is 8.23. The number of hydrogen-bond donors (Lipinski definition) is 1. The average Bonchev–Trinajstić information content (AvgIpc) is 2.21. The first-order chi connectivity index (χ1) is 5.97. The van der Waals surface area contributed by atoms with Gasteiger partial charge in [-0.15, -0.1) is 11.8 Å². The lowest BCUT2D eigenvalue weighted by Crippen LogP contribution is -2.87. The van der Waals surface area contributed by atoms with Crippen molar-refractivity contribution in [3.05, 3.63) is 35.9 Å². The van der Waals surface area contributed by atoms with Gasteiger partial charge < -0.3 is 5.32 Å². The van der Waals surface area contributed by atoms with Crippen molar-refractivity contribution in [1.29, 1.82) is 0 Å². The second kappa shape index (κ2) is 3.97. The van der Waals surface area contributed by atoms with E-state index in [-0.39, 0.29) is 0 Å². The molecular weight excluding hydrogens is 166 g/mol. The predicted molar refractivity (Wildman–Crippen MR) is 53.3 cm³/mol. The summed E-state index contributed by atoms with van der Waals surface area (Å²) in [4.78, 5) is 0. The van der Waals surface area contributed by atoms with Crippen LogP contribution in [0.25, 0.3) is 0 Å². The summed E-state index contributed by atoms with van der Waals surface area (Å²) in [5, 5.41) is 2.45. The van der Waals surface area contributed by atoms with Gasteiger partial charge >= 0.3 is 0 Å². The molecule has 1 nitrogen and oxygen atoms in total. The van der Waals surface area contributed by atoms with E-state index in [1.807, 2.05) is 0 Å². The van der Waals surface area contributed by atoms with Crippen molar-refractivity contribution in [2.24, 2.45) is 0 Å². The molecule has 64 valence electrons. The zero-order valence-electron chi connectivity index (χ0n) is 7.07. The molecule has 2 rings (SSSR count). The van der Waals surface area contributed by atoms with E-state index in [2.05, 4.69) is 47.4 Å². The molecule has 0 spiro atoms. The Bertz CT molecular complexity index is 229. The molecule has 12 heavy (non-hydrogen) atoms. The van der Waals surface area contributed by atoms with E-state index in [1.165, 1.54) is 23.6 Å². The fourth-order valence-electron chi connectivity index (χ4n) is 1.56. The molecule has 0 unspecified atom stereocenters. The molecular formula is C10H14NS+. The Morgan fingerprint density at radius 1 is 1.25 bits per heavy atom. The molecule has 2 heteroatoms. The minimum atomic E-state index is 0.699. The van der Waals surface area contributed by atoms with E-state index in [0.29, 0.717) is 6.04 Å². The van der Waals surface area contributed by atoms with E-state index in [1.54, 1.807) is 0 Å². The van der Waals surface area contributed by atoms with Gasteiger partial charge in [0.05, 0.1) is 12.3 Å².